The van der Waals surface area contributed by atoms with Crippen LogP contribution in [0.5, 0.6) is 0 Å². The van der Waals surface area contributed by atoms with Crippen molar-refractivity contribution >= 4 is 40.7 Å². The quantitative estimate of drug-likeness (QED) is 0.782. The average Bonchev–Trinajstić information content (AvgIpc) is 2.65. The van der Waals surface area contributed by atoms with E-state index in [-0.39, 0.29) is 11.6 Å². The molecule has 0 saturated carbocycles. The number of hydrogen-bond acceptors (Lipinski definition) is 6. The van der Waals surface area contributed by atoms with E-state index in [9.17, 15) is 4.79 Å². The van der Waals surface area contributed by atoms with Crippen molar-refractivity contribution < 1.29 is 9.53 Å². The van der Waals surface area contributed by atoms with Gasteiger partial charge in [0.1, 0.15) is 5.69 Å². The van der Waals surface area contributed by atoms with Crippen LogP contribution in [-0.4, -0.2) is 60.2 Å². The Morgan fingerprint density at radius 1 is 1.23 bits per heavy atom. The van der Waals surface area contributed by atoms with Crippen molar-refractivity contribution in [3.05, 3.63) is 46.2 Å². The van der Waals surface area contributed by atoms with E-state index in [0.717, 1.165) is 32.8 Å². The van der Waals surface area contributed by atoms with Crippen LogP contribution in [0.25, 0.3) is 0 Å². The van der Waals surface area contributed by atoms with Gasteiger partial charge in [0.25, 0.3) is 5.91 Å². The summed E-state index contributed by atoms with van der Waals surface area (Å²) in [5.41, 5.74) is 0.724. The van der Waals surface area contributed by atoms with Gasteiger partial charge in [-0.2, -0.15) is 0 Å². The highest BCUT2D eigenvalue weighted by Gasteiger charge is 2.12. The van der Waals surface area contributed by atoms with Crippen molar-refractivity contribution in [2.24, 2.45) is 0 Å². The first kappa shape index (κ1) is 18.8. The first-order chi connectivity index (χ1) is 12.6. The molecule has 1 saturated heterocycles. The van der Waals surface area contributed by atoms with E-state index in [1.54, 1.807) is 30.5 Å². The number of anilines is 2. The molecule has 1 fully saturated rings. The summed E-state index contributed by atoms with van der Waals surface area (Å²) in [6.07, 6.45) is 1.54. The Balaban J connectivity index is 1.56. The van der Waals surface area contributed by atoms with Gasteiger partial charge in [0, 0.05) is 37.4 Å². The zero-order valence-corrected chi connectivity index (χ0v) is 15.6. The number of halogens is 2. The Morgan fingerprint density at radius 3 is 2.81 bits per heavy atom. The van der Waals surface area contributed by atoms with Gasteiger partial charge in [0.15, 0.2) is 0 Å². The van der Waals surface area contributed by atoms with Crippen LogP contribution in [-0.2, 0) is 4.74 Å². The van der Waals surface area contributed by atoms with E-state index in [1.165, 1.54) is 0 Å². The fourth-order valence-electron chi connectivity index (χ4n) is 2.50. The smallest absolute Gasteiger partial charge is 0.274 e. The van der Waals surface area contributed by atoms with Gasteiger partial charge < -0.3 is 15.4 Å². The molecule has 138 valence electrons. The molecule has 0 unspecified atom stereocenters. The third-order valence-corrected chi connectivity index (χ3v) is 4.43. The molecule has 0 aliphatic carbocycles. The number of nitrogens with zero attached hydrogens (tertiary/aromatic N) is 3. The number of morpholine rings is 1. The Labute approximate surface area is 161 Å². The summed E-state index contributed by atoms with van der Waals surface area (Å²) in [5, 5.41) is 6.73. The molecule has 2 heterocycles. The number of nitrogens with one attached hydrogen (secondary N) is 2. The van der Waals surface area contributed by atoms with Gasteiger partial charge >= 0.3 is 0 Å². The molecule has 3 rings (SSSR count). The number of ether oxygens (including phenoxy) is 1. The molecule has 1 aromatic carbocycles. The van der Waals surface area contributed by atoms with Crippen molar-refractivity contribution in [2.75, 3.05) is 50.0 Å². The lowest BCUT2D eigenvalue weighted by atomic mass is 10.3. The maximum atomic E-state index is 12.4. The lowest BCUT2D eigenvalue weighted by Crippen LogP contribution is -2.39. The molecule has 0 spiro atoms. The summed E-state index contributed by atoms with van der Waals surface area (Å²) in [5.74, 6) is 0.0426. The van der Waals surface area contributed by atoms with Crippen molar-refractivity contribution in [1.29, 1.82) is 0 Å². The van der Waals surface area contributed by atoms with Crippen LogP contribution in [0.2, 0.25) is 10.0 Å². The minimum atomic E-state index is -0.368. The van der Waals surface area contributed by atoms with Gasteiger partial charge in [0.05, 0.1) is 23.9 Å². The first-order valence-electron chi connectivity index (χ1n) is 8.25. The topological polar surface area (TPSA) is 79.4 Å². The van der Waals surface area contributed by atoms with Crippen LogP contribution in [0.3, 0.4) is 0 Å². The van der Waals surface area contributed by atoms with Gasteiger partial charge in [-0.1, -0.05) is 23.2 Å². The molecule has 26 heavy (non-hydrogen) atoms. The number of carbonyl (C=O) groups excluding carboxylic acids is 1. The number of benzene rings is 1. The standard InChI is InChI=1S/C17H19Cl2N5O2/c18-12-1-2-14(13(19)11-12)22-16(25)15-3-4-20-17(23-15)21-5-6-24-7-9-26-10-8-24/h1-4,11H,5-10H2,(H,22,25)(H,20,21,23). The monoisotopic (exact) mass is 395 g/mol. The summed E-state index contributed by atoms with van der Waals surface area (Å²) in [4.78, 5) is 23.1. The predicted molar refractivity (Wildman–Crippen MR) is 102 cm³/mol. The van der Waals surface area contributed by atoms with Gasteiger partial charge in [-0.25, -0.2) is 9.97 Å². The minimum absolute atomic E-state index is 0.250. The Hall–Kier alpha value is -1.93. The second kappa shape index (κ2) is 9.14. The molecule has 2 N–H and O–H groups in total. The van der Waals surface area contributed by atoms with Gasteiger partial charge in [-0.3, -0.25) is 9.69 Å². The lowest BCUT2D eigenvalue weighted by molar-refractivity contribution is 0.0398. The van der Waals surface area contributed by atoms with Crippen molar-refractivity contribution in [2.45, 2.75) is 0 Å². The average molecular weight is 396 g/mol. The van der Waals surface area contributed by atoms with Crippen molar-refractivity contribution in [3.63, 3.8) is 0 Å². The zero-order chi connectivity index (χ0) is 18.4. The zero-order valence-electron chi connectivity index (χ0n) is 14.0. The second-order valence-corrected chi connectivity index (χ2v) is 6.57. The molecule has 0 bridgehead atoms. The highest BCUT2D eigenvalue weighted by Crippen LogP contribution is 2.25. The molecule has 9 heteroatoms. The number of rotatable bonds is 6. The molecule has 1 aliphatic rings. The van der Waals surface area contributed by atoms with Crippen LogP contribution in [0.4, 0.5) is 11.6 Å². The van der Waals surface area contributed by atoms with Crippen molar-refractivity contribution in [1.82, 2.24) is 14.9 Å². The fraction of sp³-hybridized carbons (Fsp3) is 0.353. The molecule has 7 nitrogen and oxygen atoms in total. The third-order valence-electron chi connectivity index (χ3n) is 3.88. The molecule has 1 aliphatic heterocycles. The lowest BCUT2D eigenvalue weighted by Gasteiger charge is -2.26. The highest BCUT2D eigenvalue weighted by molar-refractivity contribution is 6.36. The van der Waals surface area contributed by atoms with Crippen LogP contribution < -0.4 is 10.6 Å². The van der Waals surface area contributed by atoms with Crippen molar-refractivity contribution in [3.8, 4) is 0 Å². The number of hydrogen-bond donors (Lipinski definition) is 2. The Bertz CT molecular complexity index is 769. The van der Waals surface area contributed by atoms with Crippen LogP contribution in [0, 0.1) is 0 Å². The Morgan fingerprint density at radius 2 is 2.04 bits per heavy atom. The third kappa shape index (κ3) is 5.28. The predicted octanol–water partition coefficient (Wildman–Crippen LogP) is 2.78. The van der Waals surface area contributed by atoms with Gasteiger partial charge in [0.2, 0.25) is 5.95 Å². The summed E-state index contributed by atoms with van der Waals surface area (Å²) in [6, 6.07) is 6.41. The van der Waals surface area contributed by atoms with E-state index in [1.807, 2.05) is 0 Å². The van der Waals surface area contributed by atoms with Crippen LogP contribution in [0.15, 0.2) is 30.5 Å². The largest absolute Gasteiger partial charge is 0.379 e. The molecular weight excluding hydrogens is 377 g/mol. The second-order valence-electron chi connectivity index (χ2n) is 5.72. The maximum absolute atomic E-state index is 12.4. The van der Waals surface area contributed by atoms with E-state index in [0.29, 0.717) is 28.2 Å². The first-order valence-corrected chi connectivity index (χ1v) is 9.01. The van der Waals surface area contributed by atoms with E-state index < -0.39 is 0 Å². The Kier molecular flexibility index (Phi) is 6.62. The summed E-state index contributed by atoms with van der Waals surface area (Å²) in [6.45, 7) is 4.93. The molecular formula is C17H19Cl2N5O2. The number of amides is 1. The van der Waals surface area contributed by atoms with Crippen LogP contribution >= 0.6 is 23.2 Å². The molecule has 0 radical (unpaired) electrons. The minimum Gasteiger partial charge on any atom is -0.379 e. The fourth-order valence-corrected chi connectivity index (χ4v) is 2.95. The van der Waals surface area contributed by atoms with Gasteiger partial charge in [-0.15, -0.1) is 0 Å². The number of carbonyl (C=O) groups is 1. The molecule has 1 aromatic heterocycles. The molecule has 2 aromatic rings. The van der Waals surface area contributed by atoms with E-state index >= 15 is 0 Å². The summed E-state index contributed by atoms with van der Waals surface area (Å²) >= 11 is 11.9. The molecule has 0 atom stereocenters. The number of aromatic nitrogens is 2. The van der Waals surface area contributed by atoms with E-state index in [4.69, 9.17) is 27.9 Å². The van der Waals surface area contributed by atoms with Gasteiger partial charge in [-0.05, 0) is 24.3 Å². The summed E-state index contributed by atoms with van der Waals surface area (Å²) < 4.78 is 5.32. The highest BCUT2D eigenvalue weighted by atomic mass is 35.5. The molecule has 1 amide bonds. The normalized spacial score (nSPS) is 14.8. The SMILES string of the molecule is O=C(Nc1ccc(Cl)cc1Cl)c1ccnc(NCCN2CCOCC2)n1. The summed E-state index contributed by atoms with van der Waals surface area (Å²) in [7, 11) is 0. The van der Waals surface area contributed by atoms with Crippen LogP contribution in [0.1, 0.15) is 10.5 Å². The van der Waals surface area contributed by atoms with E-state index in [2.05, 4.69) is 25.5 Å². The maximum Gasteiger partial charge on any atom is 0.274 e.